The highest BCUT2D eigenvalue weighted by atomic mass is 16.6. The lowest BCUT2D eigenvalue weighted by atomic mass is 9.80. The number of carboxylic acid groups (broad SMARTS) is 1. The van der Waals surface area contributed by atoms with Crippen LogP contribution in [0.2, 0.25) is 0 Å². The normalized spacial score (nSPS) is 27.0. The second-order valence-corrected chi connectivity index (χ2v) is 7.75. The molecule has 0 bridgehead atoms. The molecule has 0 aromatic heterocycles. The summed E-state index contributed by atoms with van der Waals surface area (Å²) in [5.74, 6) is -0.212. The van der Waals surface area contributed by atoms with Crippen molar-refractivity contribution in [2.45, 2.75) is 77.4 Å². The molecular formula is C17H29NO4. The third-order valence-corrected chi connectivity index (χ3v) is 4.76. The average Bonchev–Trinajstić information content (AvgIpc) is 2.82. The van der Waals surface area contributed by atoms with Crippen LogP contribution in [-0.2, 0) is 9.53 Å². The van der Waals surface area contributed by atoms with Crippen molar-refractivity contribution in [3.63, 3.8) is 0 Å². The van der Waals surface area contributed by atoms with Gasteiger partial charge in [0, 0.05) is 6.54 Å². The maximum absolute atomic E-state index is 12.3. The molecule has 126 valence electrons. The van der Waals surface area contributed by atoms with Crippen molar-refractivity contribution in [2.24, 2.45) is 11.8 Å². The van der Waals surface area contributed by atoms with Gasteiger partial charge in [0.15, 0.2) is 0 Å². The van der Waals surface area contributed by atoms with Gasteiger partial charge in [0.05, 0.1) is 0 Å². The summed E-state index contributed by atoms with van der Waals surface area (Å²) in [6.07, 6.45) is 7.42. The lowest BCUT2D eigenvalue weighted by Gasteiger charge is -2.30. The van der Waals surface area contributed by atoms with Crippen molar-refractivity contribution >= 4 is 12.1 Å². The van der Waals surface area contributed by atoms with Crippen molar-refractivity contribution in [3.05, 3.63) is 0 Å². The predicted octanol–water partition coefficient (Wildman–Crippen LogP) is 3.67. The maximum atomic E-state index is 12.3. The first-order valence-corrected chi connectivity index (χ1v) is 8.50. The van der Waals surface area contributed by atoms with Crippen LogP contribution < -0.4 is 0 Å². The molecule has 1 amide bonds. The van der Waals surface area contributed by atoms with E-state index in [1.807, 2.05) is 0 Å². The minimum Gasteiger partial charge on any atom is -0.480 e. The summed E-state index contributed by atoms with van der Waals surface area (Å²) in [4.78, 5) is 25.4. The van der Waals surface area contributed by atoms with Crippen LogP contribution in [0, 0.1) is 11.8 Å². The van der Waals surface area contributed by atoms with Gasteiger partial charge < -0.3 is 9.84 Å². The van der Waals surface area contributed by atoms with Crippen molar-refractivity contribution in [1.82, 2.24) is 4.90 Å². The standard InChI is InChI=1S/C17H29NO4/c1-17(2,3)22-16(21)18-10-9-13(14(18)15(19)20)11-12-7-5-4-6-8-12/h12-14H,4-11H2,1-3H3,(H,19,20)/t13-,14+/m1/s1. The van der Waals surface area contributed by atoms with Crippen LogP contribution in [0.1, 0.15) is 65.7 Å². The Kier molecular flexibility index (Phi) is 5.35. The topological polar surface area (TPSA) is 66.8 Å². The lowest BCUT2D eigenvalue weighted by Crippen LogP contribution is -2.45. The molecule has 5 heteroatoms. The number of ether oxygens (including phenoxy) is 1. The van der Waals surface area contributed by atoms with Gasteiger partial charge in [-0.2, -0.15) is 0 Å². The lowest BCUT2D eigenvalue weighted by molar-refractivity contribution is -0.143. The zero-order valence-electron chi connectivity index (χ0n) is 14.0. The minimum atomic E-state index is -0.899. The SMILES string of the molecule is CC(C)(C)OC(=O)N1CC[C@H](CC2CCCCC2)[C@H]1C(=O)O. The van der Waals surface area contributed by atoms with E-state index in [1.54, 1.807) is 20.8 Å². The van der Waals surface area contributed by atoms with Gasteiger partial charge in [-0.05, 0) is 45.4 Å². The molecule has 1 aliphatic heterocycles. The quantitative estimate of drug-likeness (QED) is 0.863. The summed E-state index contributed by atoms with van der Waals surface area (Å²) in [6.45, 7) is 5.89. The molecule has 22 heavy (non-hydrogen) atoms. The van der Waals surface area contributed by atoms with Gasteiger partial charge in [0.25, 0.3) is 0 Å². The zero-order chi connectivity index (χ0) is 16.3. The van der Waals surface area contributed by atoms with E-state index < -0.39 is 23.7 Å². The largest absolute Gasteiger partial charge is 0.480 e. The van der Waals surface area contributed by atoms with E-state index in [-0.39, 0.29) is 5.92 Å². The second kappa shape index (κ2) is 6.88. The first-order chi connectivity index (χ1) is 10.3. The Morgan fingerprint density at radius 2 is 1.77 bits per heavy atom. The van der Waals surface area contributed by atoms with Gasteiger partial charge in [-0.15, -0.1) is 0 Å². The second-order valence-electron chi connectivity index (χ2n) is 7.75. The summed E-state index contributed by atoms with van der Waals surface area (Å²) in [5, 5.41) is 9.58. The number of likely N-dealkylation sites (tertiary alicyclic amines) is 1. The minimum absolute atomic E-state index is 0.0631. The fourth-order valence-electron chi connectivity index (χ4n) is 3.81. The Balaban J connectivity index is 2.00. The Labute approximate surface area is 133 Å². The van der Waals surface area contributed by atoms with Gasteiger partial charge in [-0.25, -0.2) is 9.59 Å². The molecule has 0 aromatic carbocycles. The molecule has 2 fully saturated rings. The van der Waals surface area contributed by atoms with Crippen molar-refractivity contribution < 1.29 is 19.4 Å². The highest BCUT2D eigenvalue weighted by molar-refractivity contribution is 5.81. The number of aliphatic carboxylic acids is 1. The van der Waals surface area contributed by atoms with E-state index in [9.17, 15) is 14.7 Å². The highest BCUT2D eigenvalue weighted by Crippen LogP contribution is 2.36. The third-order valence-electron chi connectivity index (χ3n) is 4.76. The molecule has 0 radical (unpaired) electrons. The van der Waals surface area contributed by atoms with Crippen LogP contribution >= 0.6 is 0 Å². The maximum Gasteiger partial charge on any atom is 0.411 e. The predicted molar refractivity (Wildman–Crippen MR) is 83.7 cm³/mol. The molecule has 0 aromatic rings. The van der Waals surface area contributed by atoms with Crippen molar-refractivity contribution in [1.29, 1.82) is 0 Å². The van der Waals surface area contributed by atoms with Gasteiger partial charge in [0.2, 0.25) is 0 Å². The number of carbonyl (C=O) groups is 2. The number of amides is 1. The van der Waals surface area contributed by atoms with Crippen LogP contribution in [0.3, 0.4) is 0 Å². The highest BCUT2D eigenvalue weighted by Gasteiger charge is 2.44. The summed E-state index contributed by atoms with van der Waals surface area (Å²) < 4.78 is 5.36. The zero-order valence-corrected chi connectivity index (χ0v) is 14.0. The molecule has 2 atom stereocenters. The summed E-state index contributed by atoms with van der Waals surface area (Å²) in [7, 11) is 0. The molecule has 1 aliphatic carbocycles. The average molecular weight is 311 g/mol. The molecule has 0 spiro atoms. The molecule has 2 rings (SSSR count). The smallest absolute Gasteiger partial charge is 0.411 e. The molecule has 5 nitrogen and oxygen atoms in total. The van der Waals surface area contributed by atoms with E-state index >= 15 is 0 Å². The molecule has 1 saturated carbocycles. The fourth-order valence-corrected chi connectivity index (χ4v) is 3.81. The number of nitrogens with zero attached hydrogens (tertiary/aromatic N) is 1. The Bertz CT molecular complexity index is 409. The van der Waals surface area contributed by atoms with E-state index in [0.29, 0.717) is 12.5 Å². The third kappa shape index (κ3) is 4.37. The first-order valence-electron chi connectivity index (χ1n) is 8.50. The summed E-state index contributed by atoms with van der Waals surface area (Å²) in [6, 6.07) is -0.725. The Hall–Kier alpha value is -1.26. The Morgan fingerprint density at radius 3 is 2.32 bits per heavy atom. The summed E-state index contributed by atoms with van der Waals surface area (Å²) >= 11 is 0. The van der Waals surface area contributed by atoms with Crippen LogP contribution in [0.4, 0.5) is 4.79 Å². The molecule has 1 saturated heterocycles. The Morgan fingerprint density at radius 1 is 1.14 bits per heavy atom. The van der Waals surface area contributed by atoms with Gasteiger partial charge in [-0.1, -0.05) is 32.1 Å². The van der Waals surface area contributed by atoms with E-state index in [1.165, 1.54) is 37.0 Å². The molecule has 1 N–H and O–H groups in total. The van der Waals surface area contributed by atoms with Gasteiger partial charge >= 0.3 is 12.1 Å². The van der Waals surface area contributed by atoms with Crippen LogP contribution in [0.25, 0.3) is 0 Å². The number of hydrogen-bond donors (Lipinski definition) is 1. The molecule has 2 aliphatic rings. The fraction of sp³-hybridized carbons (Fsp3) is 0.882. The number of hydrogen-bond acceptors (Lipinski definition) is 3. The number of carboxylic acids is 1. The van der Waals surface area contributed by atoms with Crippen molar-refractivity contribution in [3.8, 4) is 0 Å². The van der Waals surface area contributed by atoms with Gasteiger partial charge in [-0.3, -0.25) is 4.90 Å². The van der Waals surface area contributed by atoms with Gasteiger partial charge in [0.1, 0.15) is 11.6 Å². The van der Waals surface area contributed by atoms with Crippen LogP contribution in [-0.4, -0.2) is 40.3 Å². The number of carbonyl (C=O) groups excluding carboxylic acids is 1. The van der Waals surface area contributed by atoms with E-state index in [4.69, 9.17) is 4.74 Å². The molecule has 1 heterocycles. The summed E-state index contributed by atoms with van der Waals surface area (Å²) in [5.41, 5.74) is -0.596. The first kappa shape index (κ1) is 17.1. The van der Waals surface area contributed by atoms with Crippen LogP contribution in [0.15, 0.2) is 0 Å². The number of rotatable bonds is 3. The van der Waals surface area contributed by atoms with Crippen LogP contribution in [0.5, 0.6) is 0 Å². The monoisotopic (exact) mass is 311 g/mol. The molecule has 0 unspecified atom stereocenters. The van der Waals surface area contributed by atoms with Crippen molar-refractivity contribution in [2.75, 3.05) is 6.54 Å². The van der Waals surface area contributed by atoms with E-state index in [2.05, 4.69) is 0 Å². The molecular weight excluding hydrogens is 282 g/mol. The van der Waals surface area contributed by atoms with E-state index in [0.717, 1.165) is 12.8 Å².